The number of hydrogen-bond donors (Lipinski definition) is 3. The number of nitrogens with zero attached hydrogens (tertiary/aromatic N) is 1. The number of urea groups is 1. The van der Waals surface area contributed by atoms with Crippen molar-refractivity contribution in [1.82, 2.24) is 5.32 Å². The second-order valence-corrected chi connectivity index (χ2v) is 4.54. The molecule has 2 unspecified atom stereocenters. The van der Waals surface area contributed by atoms with Crippen LogP contribution in [-0.2, 0) is 4.79 Å². The maximum Gasteiger partial charge on any atom is 0.328 e. The molecule has 2 amide bonds. The molecule has 0 radical (unpaired) electrons. The Bertz CT molecular complexity index is 488. The SMILES string of the molecule is CCN(C(=O)NC(C(=O)O)C(C)O)c1ccccc1C. The minimum Gasteiger partial charge on any atom is -0.480 e. The van der Waals surface area contributed by atoms with Crippen LogP contribution < -0.4 is 10.2 Å². The van der Waals surface area contributed by atoms with Crippen LogP contribution in [0.3, 0.4) is 0 Å². The van der Waals surface area contributed by atoms with Gasteiger partial charge in [-0.1, -0.05) is 18.2 Å². The van der Waals surface area contributed by atoms with E-state index in [-0.39, 0.29) is 0 Å². The molecule has 0 fully saturated rings. The van der Waals surface area contributed by atoms with Gasteiger partial charge in [-0.15, -0.1) is 0 Å². The van der Waals surface area contributed by atoms with Gasteiger partial charge in [0.15, 0.2) is 6.04 Å². The first-order chi connectivity index (χ1) is 9.38. The van der Waals surface area contributed by atoms with Gasteiger partial charge in [0, 0.05) is 12.2 Å². The van der Waals surface area contributed by atoms with E-state index in [0.717, 1.165) is 5.56 Å². The number of hydrogen-bond acceptors (Lipinski definition) is 3. The lowest BCUT2D eigenvalue weighted by atomic mass is 10.1. The number of aryl methyl sites for hydroxylation is 1. The van der Waals surface area contributed by atoms with Gasteiger partial charge in [0.1, 0.15) is 0 Å². The number of para-hydroxylation sites is 1. The Morgan fingerprint density at radius 3 is 2.40 bits per heavy atom. The molecule has 0 spiro atoms. The monoisotopic (exact) mass is 280 g/mol. The number of rotatable bonds is 5. The normalized spacial score (nSPS) is 13.4. The highest BCUT2D eigenvalue weighted by Gasteiger charge is 2.27. The number of aliphatic hydroxyl groups is 1. The summed E-state index contributed by atoms with van der Waals surface area (Å²) in [4.78, 5) is 24.6. The number of benzene rings is 1. The molecule has 0 aromatic heterocycles. The summed E-state index contributed by atoms with van der Waals surface area (Å²) in [5, 5.41) is 20.7. The molecule has 1 aromatic carbocycles. The Morgan fingerprint density at radius 2 is 1.95 bits per heavy atom. The molecular formula is C14H20N2O4. The smallest absolute Gasteiger partial charge is 0.328 e. The third kappa shape index (κ3) is 3.71. The average Bonchev–Trinajstić information content (AvgIpc) is 2.38. The molecule has 1 aromatic rings. The van der Waals surface area contributed by atoms with E-state index in [0.29, 0.717) is 12.2 Å². The molecule has 6 nitrogen and oxygen atoms in total. The number of carboxylic acids is 1. The van der Waals surface area contributed by atoms with Crippen LogP contribution in [-0.4, -0.2) is 40.9 Å². The van der Waals surface area contributed by atoms with Gasteiger partial charge in [-0.25, -0.2) is 9.59 Å². The molecule has 0 bridgehead atoms. The van der Waals surface area contributed by atoms with Gasteiger partial charge < -0.3 is 15.5 Å². The van der Waals surface area contributed by atoms with Crippen molar-refractivity contribution in [2.45, 2.75) is 32.9 Å². The molecule has 0 heterocycles. The zero-order valence-corrected chi connectivity index (χ0v) is 11.8. The van der Waals surface area contributed by atoms with E-state index in [1.54, 1.807) is 13.0 Å². The van der Waals surface area contributed by atoms with Gasteiger partial charge in [-0.3, -0.25) is 4.90 Å². The average molecular weight is 280 g/mol. The first-order valence-corrected chi connectivity index (χ1v) is 6.43. The molecule has 6 heteroatoms. The highest BCUT2D eigenvalue weighted by molar-refractivity contribution is 5.95. The molecule has 1 rings (SSSR count). The van der Waals surface area contributed by atoms with Crippen molar-refractivity contribution < 1.29 is 19.8 Å². The zero-order chi connectivity index (χ0) is 15.3. The van der Waals surface area contributed by atoms with E-state index in [1.807, 2.05) is 25.1 Å². The van der Waals surface area contributed by atoms with Gasteiger partial charge in [0.2, 0.25) is 0 Å². The van der Waals surface area contributed by atoms with E-state index >= 15 is 0 Å². The Balaban J connectivity index is 2.93. The fourth-order valence-electron chi connectivity index (χ4n) is 1.89. The van der Waals surface area contributed by atoms with Gasteiger partial charge in [-0.2, -0.15) is 0 Å². The third-order valence-corrected chi connectivity index (χ3v) is 3.00. The summed E-state index contributed by atoms with van der Waals surface area (Å²) in [5.74, 6) is -1.27. The maximum absolute atomic E-state index is 12.2. The third-order valence-electron chi connectivity index (χ3n) is 3.00. The van der Waals surface area contributed by atoms with Gasteiger partial charge in [-0.05, 0) is 32.4 Å². The van der Waals surface area contributed by atoms with Crippen LogP contribution in [0.15, 0.2) is 24.3 Å². The highest BCUT2D eigenvalue weighted by Crippen LogP contribution is 2.19. The Labute approximate surface area is 118 Å². The first-order valence-electron chi connectivity index (χ1n) is 6.43. The van der Waals surface area contributed by atoms with E-state index < -0.39 is 24.1 Å². The Hall–Kier alpha value is -2.08. The van der Waals surface area contributed by atoms with E-state index in [2.05, 4.69) is 5.32 Å². The Morgan fingerprint density at radius 1 is 1.35 bits per heavy atom. The number of carbonyl (C=O) groups is 2. The quantitative estimate of drug-likeness (QED) is 0.759. The van der Waals surface area contributed by atoms with Gasteiger partial charge in [0.25, 0.3) is 0 Å². The summed E-state index contributed by atoms with van der Waals surface area (Å²) in [6.45, 7) is 5.38. The maximum atomic E-state index is 12.2. The van der Waals surface area contributed by atoms with Crippen LogP contribution >= 0.6 is 0 Å². The summed E-state index contributed by atoms with van der Waals surface area (Å²) in [6.07, 6.45) is -1.17. The van der Waals surface area contributed by atoms with Crippen molar-refractivity contribution in [3.8, 4) is 0 Å². The largest absolute Gasteiger partial charge is 0.480 e. The minimum absolute atomic E-state index is 0.392. The molecule has 20 heavy (non-hydrogen) atoms. The van der Waals surface area contributed by atoms with E-state index in [1.165, 1.54) is 11.8 Å². The summed E-state index contributed by atoms with van der Waals surface area (Å²) in [5.41, 5.74) is 1.62. The standard InChI is InChI=1S/C14H20N2O4/c1-4-16(11-8-6-5-7-9(11)2)14(20)15-12(10(3)17)13(18)19/h5-8,10,12,17H,4H2,1-3H3,(H,15,20)(H,18,19). The van der Waals surface area contributed by atoms with Crippen LogP contribution in [0.5, 0.6) is 0 Å². The number of aliphatic hydroxyl groups excluding tert-OH is 1. The number of anilines is 1. The van der Waals surface area contributed by atoms with Crippen molar-refractivity contribution >= 4 is 17.7 Å². The molecule has 0 aliphatic rings. The van der Waals surface area contributed by atoms with Crippen molar-refractivity contribution in [2.24, 2.45) is 0 Å². The number of carbonyl (C=O) groups excluding carboxylic acids is 1. The predicted molar refractivity (Wildman–Crippen MR) is 75.8 cm³/mol. The van der Waals surface area contributed by atoms with E-state index in [4.69, 9.17) is 5.11 Å². The van der Waals surface area contributed by atoms with Crippen LogP contribution in [0.4, 0.5) is 10.5 Å². The zero-order valence-electron chi connectivity index (χ0n) is 11.8. The van der Waals surface area contributed by atoms with Crippen LogP contribution in [0.25, 0.3) is 0 Å². The van der Waals surface area contributed by atoms with Crippen molar-refractivity contribution in [3.05, 3.63) is 29.8 Å². The number of aliphatic carboxylic acids is 1. The molecule has 0 saturated heterocycles. The molecule has 2 atom stereocenters. The molecule has 0 aliphatic heterocycles. The molecule has 3 N–H and O–H groups in total. The summed E-state index contributed by atoms with van der Waals surface area (Å²) >= 11 is 0. The lowest BCUT2D eigenvalue weighted by molar-refractivity contribution is -0.141. The van der Waals surface area contributed by atoms with E-state index in [9.17, 15) is 14.7 Å². The first kappa shape index (κ1) is 16.0. The van der Waals surface area contributed by atoms with Gasteiger partial charge >= 0.3 is 12.0 Å². The lowest BCUT2D eigenvalue weighted by Gasteiger charge is -2.26. The van der Waals surface area contributed by atoms with Gasteiger partial charge in [0.05, 0.1) is 6.10 Å². The van der Waals surface area contributed by atoms with Crippen LogP contribution in [0.1, 0.15) is 19.4 Å². The summed E-state index contributed by atoms with van der Waals surface area (Å²) < 4.78 is 0. The molecule has 110 valence electrons. The number of amides is 2. The molecular weight excluding hydrogens is 260 g/mol. The second kappa shape index (κ2) is 6.91. The molecule has 0 aliphatic carbocycles. The lowest BCUT2D eigenvalue weighted by Crippen LogP contribution is -2.52. The number of nitrogens with one attached hydrogen (secondary N) is 1. The fraction of sp³-hybridized carbons (Fsp3) is 0.429. The van der Waals surface area contributed by atoms with Crippen LogP contribution in [0.2, 0.25) is 0 Å². The Kier molecular flexibility index (Phi) is 5.52. The minimum atomic E-state index is -1.33. The summed E-state index contributed by atoms with van der Waals surface area (Å²) in [6, 6.07) is 5.45. The highest BCUT2D eigenvalue weighted by atomic mass is 16.4. The van der Waals surface area contributed by atoms with Crippen molar-refractivity contribution in [3.63, 3.8) is 0 Å². The van der Waals surface area contributed by atoms with Crippen LogP contribution in [0, 0.1) is 6.92 Å². The summed E-state index contributed by atoms with van der Waals surface area (Å²) in [7, 11) is 0. The van der Waals surface area contributed by atoms with Crippen molar-refractivity contribution in [1.29, 1.82) is 0 Å². The van der Waals surface area contributed by atoms with Crippen molar-refractivity contribution in [2.75, 3.05) is 11.4 Å². The molecule has 0 saturated carbocycles. The fourth-order valence-corrected chi connectivity index (χ4v) is 1.89. The topological polar surface area (TPSA) is 89.9 Å². The second-order valence-electron chi connectivity index (χ2n) is 4.54. The number of carboxylic acid groups (broad SMARTS) is 1. The predicted octanol–water partition coefficient (Wildman–Crippen LogP) is 1.36.